The Kier molecular flexibility index (Phi) is 8.63. The molecule has 0 aliphatic heterocycles. The van der Waals surface area contributed by atoms with Crippen LogP contribution in [-0.4, -0.2) is 46.7 Å². The summed E-state index contributed by atoms with van der Waals surface area (Å²) in [5, 5.41) is 8.83. The minimum atomic E-state index is -0.139. The van der Waals surface area contributed by atoms with Gasteiger partial charge in [-0.3, -0.25) is 19.4 Å². The predicted octanol–water partition coefficient (Wildman–Crippen LogP) is 5.12. The van der Waals surface area contributed by atoms with E-state index in [0.717, 1.165) is 16.7 Å². The zero-order valence-corrected chi connectivity index (χ0v) is 22.1. The molecule has 2 heterocycles. The van der Waals surface area contributed by atoms with Gasteiger partial charge >= 0.3 is 0 Å². The van der Waals surface area contributed by atoms with Gasteiger partial charge in [-0.15, -0.1) is 0 Å². The first-order valence-corrected chi connectivity index (χ1v) is 12.4. The van der Waals surface area contributed by atoms with Crippen molar-refractivity contribution >= 4 is 40.6 Å². The molecule has 198 valence electrons. The van der Waals surface area contributed by atoms with Crippen molar-refractivity contribution in [3.63, 3.8) is 0 Å². The normalized spacial score (nSPS) is 10.4. The van der Waals surface area contributed by atoms with E-state index in [1.165, 1.54) is 6.92 Å². The highest BCUT2D eigenvalue weighted by Crippen LogP contribution is 2.23. The minimum absolute atomic E-state index is 0.0419. The van der Waals surface area contributed by atoms with E-state index in [-0.39, 0.29) is 24.1 Å². The van der Waals surface area contributed by atoms with Crippen molar-refractivity contribution in [3.05, 3.63) is 96.4 Å². The molecule has 0 spiro atoms. The summed E-state index contributed by atoms with van der Waals surface area (Å²) >= 11 is 0. The molecule has 0 bridgehead atoms. The van der Waals surface area contributed by atoms with Crippen LogP contribution in [0.3, 0.4) is 0 Å². The second kappa shape index (κ2) is 12.5. The molecule has 3 amide bonds. The zero-order chi connectivity index (χ0) is 27.8. The predicted molar refractivity (Wildman–Crippen MR) is 153 cm³/mol. The maximum absolute atomic E-state index is 12.5. The van der Waals surface area contributed by atoms with Crippen LogP contribution >= 0.6 is 0 Å². The summed E-state index contributed by atoms with van der Waals surface area (Å²) < 4.78 is 0. The zero-order valence-electron chi connectivity index (χ0n) is 22.1. The van der Waals surface area contributed by atoms with Crippen LogP contribution in [0.15, 0.2) is 85.3 Å². The molecule has 39 heavy (non-hydrogen) atoms. The third-order valence-electron chi connectivity index (χ3n) is 5.82. The van der Waals surface area contributed by atoms with Crippen molar-refractivity contribution in [3.8, 4) is 11.1 Å². The van der Waals surface area contributed by atoms with Gasteiger partial charge in [-0.05, 0) is 60.0 Å². The van der Waals surface area contributed by atoms with Gasteiger partial charge in [-0.2, -0.15) is 0 Å². The molecule has 0 radical (unpaired) electrons. The number of benzene rings is 2. The maximum atomic E-state index is 12.5. The Hall–Kier alpha value is -5.05. The molecule has 0 aliphatic carbocycles. The summed E-state index contributed by atoms with van der Waals surface area (Å²) in [5.74, 6) is 0.308. The number of nitrogens with zero attached hydrogens (tertiary/aromatic N) is 3. The van der Waals surface area contributed by atoms with Gasteiger partial charge < -0.3 is 20.9 Å². The summed E-state index contributed by atoms with van der Waals surface area (Å²) in [6.45, 7) is 1.46. The quantitative estimate of drug-likeness (QED) is 0.281. The van der Waals surface area contributed by atoms with Gasteiger partial charge in [0.1, 0.15) is 5.82 Å². The van der Waals surface area contributed by atoms with Crippen molar-refractivity contribution in [2.75, 3.05) is 30.0 Å². The number of nitrogens with one attached hydrogen (secondary N) is 3. The van der Waals surface area contributed by atoms with E-state index < -0.39 is 0 Å². The molecule has 3 N–H and O–H groups in total. The molecule has 4 rings (SSSR count). The van der Waals surface area contributed by atoms with E-state index in [9.17, 15) is 14.4 Å². The van der Waals surface area contributed by atoms with Crippen LogP contribution in [0.25, 0.3) is 11.1 Å². The lowest BCUT2D eigenvalue weighted by Crippen LogP contribution is -2.21. The third kappa shape index (κ3) is 7.72. The van der Waals surface area contributed by atoms with Crippen LogP contribution in [0.2, 0.25) is 0 Å². The molecule has 0 aliphatic rings. The van der Waals surface area contributed by atoms with Crippen molar-refractivity contribution < 1.29 is 14.4 Å². The molecule has 2 aromatic carbocycles. The molecule has 0 atom stereocenters. The fourth-order valence-electron chi connectivity index (χ4n) is 3.92. The van der Waals surface area contributed by atoms with E-state index in [1.54, 1.807) is 55.8 Å². The van der Waals surface area contributed by atoms with Gasteiger partial charge in [0.2, 0.25) is 11.8 Å². The van der Waals surface area contributed by atoms with E-state index in [4.69, 9.17) is 0 Å². The first kappa shape index (κ1) is 27.0. The monoisotopic (exact) mass is 522 g/mol. The summed E-state index contributed by atoms with van der Waals surface area (Å²) in [6.07, 6.45) is 5.82. The summed E-state index contributed by atoms with van der Waals surface area (Å²) in [7, 11) is 3.45. The van der Waals surface area contributed by atoms with Gasteiger partial charge in [0.25, 0.3) is 5.91 Å². The molecule has 0 fully saturated rings. The number of hydrogen-bond donors (Lipinski definition) is 3. The van der Waals surface area contributed by atoms with Gasteiger partial charge in [0.05, 0.1) is 23.8 Å². The SMILES string of the molecule is CC(=O)Nc1cccc(CCC(=O)Nc2cncc(Nc3ccc(-c4ccc(C(=O)N(C)C)cc4)cn3)c2)c1. The Morgan fingerprint density at radius 1 is 0.795 bits per heavy atom. The van der Waals surface area contributed by atoms with Crippen molar-refractivity contribution in [1.29, 1.82) is 0 Å². The smallest absolute Gasteiger partial charge is 0.253 e. The lowest BCUT2D eigenvalue weighted by Gasteiger charge is -2.11. The van der Waals surface area contributed by atoms with Crippen LogP contribution in [-0.2, 0) is 16.0 Å². The molecule has 0 unspecified atom stereocenters. The van der Waals surface area contributed by atoms with E-state index >= 15 is 0 Å². The van der Waals surface area contributed by atoms with E-state index in [1.807, 2.05) is 48.5 Å². The van der Waals surface area contributed by atoms with E-state index in [0.29, 0.717) is 34.9 Å². The molecular formula is C30H30N6O3. The molecule has 0 saturated carbocycles. The summed E-state index contributed by atoms with van der Waals surface area (Å²) in [5.41, 5.74) is 5.43. The van der Waals surface area contributed by atoms with Crippen LogP contribution in [0.4, 0.5) is 22.9 Å². The van der Waals surface area contributed by atoms with Crippen LogP contribution in [0.5, 0.6) is 0 Å². The molecule has 4 aromatic rings. The van der Waals surface area contributed by atoms with Crippen LogP contribution < -0.4 is 16.0 Å². The lowest BCUT2D eigenvalue weighted by molar-refractivity contribution is -0.116. The number of carbonyl (C=O) groups is 3. The molecule has 9 nitrogen and oxygen atoms in total. The molecule has 0 saturated heterocycles. The second-order valence-electron chi connectivity index (χ2n) is 9.23. The van der Waals surface area contributed by atoms with Gasteiger partial charge in [-0.25, -0.2) is 4.98 Å². The number of pyridine rings is 2. The Balaban J connectivity index is 1.32. The average Bonchev–Trinajstić information content (AvgIpc) is 2.92. The number of aromatic nitrogens is 2. The first-order valence-electron chi connectivity index (χ1n) is 12.4. The highest BCUT2D eigenvalue weighted by Gasteiger charge is 2.09. The number of hydrogen-bond acceptors (Lipinski definition) is 6. The highest BCUT2D eigenvalue weighted by atomic mass is 16.2. The Bertz CT molecular complexity index is 1470. The molecular weight excluding hydrogens is 492 g/mol. The number of amides is 3. The molecule has 9 heteroatoms. The minimum Gasteiger partial charge on any atom is -0.345 e. The largest absolute Gasteiger partial charge is 0.345 e. The standard InChI is InChI=1S/C30H30N6O3/c1-20(37)33-25-6-4-5-21(15-25)7-14-29(38)35-27-16-26(18-31-19-27)34-28-13-12-24(17-32-28)22-8-10-23(11-9-22)30(39)36(2)3/h4-6,8-13,15-19H,7,14H2,1-3H3,(H,32,34)(H,33,37)(H,35,38). The average molecular weight is 523 g/mol. The first-order chi connectivity index (χ1) is 18.8. The van der Waals surface area contributed by atoms with Gasteiger partial charge in [0, 0.05) is 50.5 Å². The lowest BCUT2D eigenvalue weighted by atomic mass is 10.1. The topological polar surface area (TPSA) is 116 Å². The summed E-state index contributed by atoms with van der Waals surface area (Å²) in [6, 6.07) is 20.4. The van der Waals surface area contributed by atoms with Crippen molar-refractivity contribution in [2.24, 2.45) is 0 Å². The number of rotatable bonds is 9. The fourth-order valence-corrected chi connectivity index (χ4v) is 3.92. The van der Waals surface area contributed by atoms with Crippen LogP contribution in [0, 0.1) is 0 Å². The number of anilines is 4. The second-order valence-corrected chi connectivity index (χ2v) is 9.23. The third-order valence-corrected chi connectivity index (χ3v) is 5.82. The fraction of sp³-hybridized carbons (Fsp3) is 0.167. The Labute approximate surface area is 227 Å². The Morgan fingerprint density at radius 3 is 2.23 bits per heavy atom. The van der Waals surface area contributed by atoms with Crippen molar-refractivity contribution in [2.45, 2.75) is 19.8 Å². The van der Waals surface area contributed by atoms with Gasteiger partial charge in [0.15, 0.2) is 0 Å². The van der Waals surface area contributed by atoms with Gasteiger partial charge in [-0.1, -0.05) is 24.3 Å². The Morgan fingerprint density at radius 2 is 1.54 bits per heavy atom. The van der Waals surface area contributed by atoms with Crippen molar-refractivity contribution in [1.82, 2.24) is 14.9 Å². The number of carbonyl (C=O) groups excluding carboxylic acids is 3. The van der Waals surface area contributed by atoms with Crippen LogP contribution in [0.1, 0.15) is 29.3 Å². The highest BCUT2D eigenvalue weighted by molar-refractivity contribution is 5.94. The number of aryl methyl sites for hydroxylation is 1. The molecule has 2 aromatic heterocycles. The maximum Gasteiger partial charge on any atom is 0.253 e. The summed E-state index contributed by atoms with van der Waals surface area (Å²) in [4.78, 5) is 46.1. The van der Waals surface area contributed by atoms with E-state index in [2.05, 4.69) is 25.9 Å².